The molecular weight excluding hydrogens is 508 g/mol. The zero-order valence-corrected chi connectivity index (χ0v) is 23.4. The number of amides is 1. The Hall–Kier alpha value is -3.71. The lowest BCUT2D eigenvalue weighted by atomic mass is 9.88. The Morgan fingerprint density at radius 1 is 1.05 bits per heavy atom. The first-order valence-corrected chi connectivity index (χ1v) is 14.4. The quantitative estimate of drug-likeness (QED) is 0.198. The number of nitrogens with one attached hydrogen (secondary N) is 1. The van der Waals surface area contributed by atoms with E-state index in [1.54, 1.807) is 13.0 Å². The van der Waals surface area contributed by atoms with Crippen molar-refractivity contribution in [3.8, 4) is 5.75 Å². The Labute approximate surface area is 234 Å². The van der Waals surface area contributed by atoms with Gasteiger partial charge in [-0.25, -0.2) is 9.78 Å². The van der Waals surface area contributed by atoms with Crippen LogP contribution >= 0.6 is 11.3 Å². The summed E-state index contributed by atoms with van der Waals surface area (Å²) in [5, 5.41) is 15.2. The van der Waals surface area contributed by atoms with E-state index in [9.17, 15) is 9.59 Å². The average molecular weight is 545 g/mol. The molecule has 204 valence electrons. The van der Waals surface area contributed by atoms with Crippen molar-refractivity contribution < 1.29 is 19.4 Å². The molecule has 3 aromatic rings. The second-order valence-corrected chi connectivity index (χ2v) is 11.0. The number of ether oxygens (including phenoxy) is 1. The highest BCUT2D eigenvalue weighted by molar-refractivity contribution is 7.09. The number of aromatic nitrogens is 1. The normalized spacial score (nSPS) is 15.5. The monoisotopic (exact) mass is 544 g/mol. The van der Waals surface area contributed by atoms with Crippen LogP contribution in [0.5, 0.6) is 5.75 Å². The van der Waals surface area contributed by atoms with Gasteiger partial charge in [-0.3, -0.25) is 4.79 Å². The van der Waals surface area contributed by atoms with Crippen molar-refractivity contribution in [2.24, 2.45) is 5.92 Å². The Morgan fingerprint density at radius 3 is 2.46 bits per heavy atom. The average Bonchev–Trinajstić information content (AvgIpc) is 3.41. The molecule has 0 saturated heterocycles. The maximum absolute atomic E-state index is 13.2. The third-order valence-electron chi connectivity index (χ3n) is 6.90. The van der Waals surface area contributed by atoms with Gasteiger partial charge in [-0.2, -0.15) is 0 Å². The number of aliphatic carboxylic acids is 1. The van der Waals surface area contributed by atoms with Crippen molar-refractivity contribution in [1.29, 1.82) is 0 Å². The van der Waals surface area contributed by atoms with Crippen LogP contribution in [0.15, 0.2) is 77.2 Å². The summed E-state index contributed by atoms with van der Waals surface area (Å²) < 4.78 is 5.94. The number of carbonyl (C=O) groups is 2. The maximum atomic E-state index is 13.2. The first kappa shape index (κ1) is 28.3. The predicted molar refractivity (Wildman–Crippen MR) is 156 cm³/mol. The minimum Gasteiger partial charge on any atom is -0.489 e. The Balaban J connectivity index is 1.48. The molecule has 0 bridgehead atoms. The lowest BCUT2D eigenvalue weighted by molar-refractivity contribution is -0.132. The topological polar surface area (TPSA) is 88.5 Å². The molecule has 1 aliphatic rings. The third kappa shape index (κ3) is 8.65. The molecule has 1 heterocycles. The summed E-state index contributed by atoms with van der Waals surface area (Å²) in [6.45, 7) is 3.94. The van der Waals surface area contributed by atoms with Gasteiger partial charge >= 0.3 is 5.97 Å². The van der Waals surface area contributed by atoms with Gasteiger partial charge in [-0.15, -0.1) is 11.3 Å². The number of thiazole rings is 1. The molecule has 2 N–H and O–H groups in total. The second kappa shape index (κ2) is 13.9. The highest BCUT2D eigenvalue weighted by atomic mass is 32.1. The molecule has 4 rings (SSSR count). The van der Waals surface area contributed by atoms with Gasteiger partial charge in [0.1, 0.15) is 17.4 Å². The zero-order chi connectivity index (χ0) is 27.6. The van der Waals surface area contributed by atoms with E-state index in [1.807, 2.05) is 73.0 Å². The van der Waals surface area contributed by atoms with E-state index < -0.39 is 5.97 Å². The van der Waals surface area contributed by atoms with Crippen LogP contribution in [0.25, 0.3) is 6.08 Å². The minimum atomic E-state index is -0.941. The number of carboxylic acids is 1. The van der Waals surface area contributed by atoms with Crippen LogP contribution in [0.3, 0.4) is 0 Å². The Morgan fingerprint density at radius 2 is 1.77 bits per heavy atom. The summed E-state index contributed by atoms with van der Waals surface area (Å²) in [7, 11) is 0. The summed E-state index contributed by atoms with van der Waals surface area (Å²) >= 11 is 1.51. The summed E-state index contributed by atoms with van der Waals surface area (Å²) in [5.74, 6) is 0.0164. The van der Waals surface area contributed by atoms with Crippen LogP contribution in [0.1, 0.15) is 73.8 Å². The molecule has 1 atom stereocenters. The van der Waals surface area contributed by atoms with Crippen molar-refractivity contribution >= 4 is 29.3 Å². The molecule has 1 amide bonds. The molecule has 1 unspecified atom stereocenters. The third-order valence-corrected chi connectivity index (χ3v) is 7.88. The largest absolute Gasteiger partial charge is 0.489 e. The van der Waals surface area contributed by atoms with Crippen molar-refractivity contribution in [3.05, 3.63) is 99.0 Å². The molecule has 1 saturated carbocycles. The van der Waals surface area contributed by atoms with Gasteiger partial charge in [0.25, 0.3) is 0 Å². The lowest BCUT2D eigenvalue weighted by Gasteiger charge is -2.24. The summed E-state index contributed by atoms with van der Waals surface area (Å²) in [5.41, 5.74) is 4.03. The van der Waals surface area contributed by atoms with Crippen LogP contribution < -0.4 is 10.1 Å². The minimum absolute atomic E-state index is 0.0562. The fraction of sp³-hybridized carbons (Fsp3) is 0.344. The highest BCUT2D eigenvalue weighted by Gasteiger charge is 2.25. The predicted octanol–water partition coefficient (Wildman–Crippen LogP) is 7.14. The van der Waals surface area contributed by atoms with Gasteiger partial charge in [0.15, 0.2) is 0 Å². The molecule has 0 aliphatic heterocycles. The van der Waals surface area contributed by atoms with Crippen molar-refractivity contribution in [2.75, 3.05) is 0 Å². The van der Waals surface area contributed by atoms with Crippen LogP contribution in [-0.2, 0) is 22.6 Å². The van der Waals surface area contributed by atoms with E-state index in [-0.39, 0.29) is 23.4 Å². The highest BCUT2D eigenvalue weighted by Crippen LogP contribution is 2.28. The van der Waals surface area contributed by atoms with Crippen molar-refractivity contribution in [2.45, 2.75) is 65.0 Å². The second-order valence-electron chi connectivity index (χ2n) is 10.1. The fourth-order valence-corrected chi connectivity index (χ4v) is 5.58. The van der Waals surface area contributed by atoms with Gasteiger partial charge in [-0.1, -0.05) is 61.7 Å². The Kier molecular flexibility index (Phi) is 10.1. The molecule has 1 fully saturated rings. The molecule has 2 aromatic carbocycles. The molecule has 39 heavy (non-hydrogen) atoms. The van der Waals surface area contributed by atoms with Crippen molar-refractivity contribution in [1.82, 2.24) is 10.3 Å². The number of hydrogen-bond acceptors (Lipinski definition) is 5. The van der Waals surface area contributed by atoms with Gasteiger partial charge in [0.05, 0.1) is 11.7 Å². The van der Waals surface area contributed by atoms with E-state index in [4.69, 9.17) is 14.8 Å². The SMILES string of the molecule is C/C(=C/C(C)=C/c1csc(C(Cc2ccc(OCc3ccccc3)cc2)NC(=O)C2CCCCC2)n1)C(=O)O. The van der Waals surface area contributed by atoms with Gasteiger partial charge < -0.3 is 15.2 Å². The standard InChI is InChI=1S/C32H36N2O4S/c1-22(17-23(2)32(36)37)18-27-21-39-31(33-27)29(34-30(35)26-11-7-4-8-12-26)19-24-13-15-28(16-14-24)38-20-25-9-5-3-6-10-25/h3,5-6,9-10,13-18,21,26,29H,4,7-8,11-12,19-20H2,1-2H3,(H,34,35)(H,36,37)/b22-18+,23-17-. The summed E-state index contributed by atoms with van der Waals surface area (Å²) in [6, 6.07) is 17.8. The van der Waals surface area contributed by atoms with Gasteiger partial charge in [0.2, 0.25) is 5.91 Å². The molecular formula is C32H36N2O4S. The van der Waals surface area contributed by atoms with Crippen LogP contribution in [0, 0.1) is 5.92 Å². The smallest absolute Gasteiger partial charge is 0.331 e. The summed E-state index contributed by atoms with van der Waals surface area (Å²) in [4.78, 5) is 29.1. The molecule has 0 radical (unpaired) electrons. The fourth-order valence-electron chi connectivity index (χ4n) is 4.76. The molecule has 1 aliphatic carbocycles. The van der Waals surface area contributed by atoms with E-state index in [1.165, 1.54) is 17.8 Å². The van der Waals surface area contributed by atoms with Gasteiger partial charge in [0, 0.05) is 16.9 Å². The maximum Gasteiger partial charge on any atom is 0.331 e. The number of hydrogen-bond donors (Lipinski definition) is 2. The number of carbonyl (C=O) groups excluding carboxylic acids is 1. The number of rotatable bonds is 11. The van der Waals surface area contributed by atoms with E-state index in [0.717, 1.165) is 58.8 Å². The lowest BCUT2D eigenvalue weighted by Crippen LogP contribution is -2.35. The number of nitrogens with zero attached hydrogens (tertiary/aromatic N) is 1. The van der Waals surface area contributed by atoms with Gasteiger partial charge in [-0.05, 0) is 74.1 Å². The molecule has 0 spiro atoms. The first-order chi connectivity index (χ1) is 18.9. The molecule has 1 aromatic heterocycles. The molecule has 6 nitrogen and oxygen atoms in total. The van der Waals surface area contributed by atoms with Crippen molar-refractivity contribution in [3.63, 3.8) is 0 Å². The zero-order valence-electron chi connectivity index (χ0n) is 22.6. The summed E-state index contributed by atoms with van der Waals surface area (Å²) in [6.07, 6.45) is 9.38. The molecule has 7 heteroatoms. The van der Waals surface area contributed by atoms with E-state index in [2.05, 4.69) is 5.32 Å². The van der Waals surface area contributed by atoms with Crippen LogP contribution in [-0.4, -0.2) is 22.0 Å². The van der Waals surface area contributed by atoms with E-state index >= 15 is 0 Å². The number of benzene rings is 2. The van der Waals surface area contributed by atoms with Crippen LogP contribution in [0.4, 0.5) is 0 Å². The van der Waals surface area contributed by atoms with E-state index in [0.29, 0.717) is 13.0 Å². The first-order valence-electron chi connectivity index (χ1n) is 13.5. The number of allylic oxidation sites excluding steroid dienone is 2. The number of carboxylic acid groups (broad SMARTS) is 1. The Bertz CT molecular complexity index is 1310. The van der Waals surface area contributed by atoms with Crippen LogP contribution in [0.2, 0.25) is 0 Å².